The van der Waals surface area contributed by atoms with E-state index in [2.05, 4.69) is 15.6 Å². The maximum Gasteiger partial charge on any atom is 0.254 e. The first-order valence-electron chi connectivity index (χ1n) is 6.42. The van der Waals surface area contributed by atoms with Gasteiger partial charge in [0.05, 0.1) is 11.6 Å². The molecule has 0 saturated heterocycles. The molecule has 0 saturated carbocycles. The van der Waals surface area contributed by atoms with Gasteiger partial charge in [0, 0.05) is 18.8 Å². The van der Waals surface area contributed by atoms with Crippen LogP contribution in [-0.2, 0) is 0 Å². The average molecular weight is 291 g/mol. The number of hydrogen-bond acceptors (Lipinski definition) is 3. The minimum Gasteiger partial charge on any atom is -0.371 e. The van der Waals surface area contributed by atoms with E-state index in [1.165, 1.54) is 25.4 Å². The van der Waals surface area contributed by atoms with Gasteiger partial charge in [0.15, 0.2) is 11.6 Å². The summed E-state index contributed by atoms with van der Waals surface area (Å²) < 4.78 is 27.6. The standard InChI is InChI=1S/C15H15F2N3O/c1-9(10-5-3-4-6-12(10)16)20-15(21)11-7-8-19-14(18-2)13(11)17/h3-9H,1-2H3,(H,18,19)(H,20,21). The maximum absolute atomic E-state index is 14.0. The maximum atomic E-state index is 14.0. The van der Waals surface area contributed by atoms with Crippen molar-refractivity contribution in [1.82, 2.24) is 10.3 Å². The van der Waals surface area contributed by atoms with Crippen molar-refractivity contribution in [2.24, 2.45) is 0 Å². The minimum atomic E-state index is -0.738. The average Bonchev–Trinajstić information content (AvgIpc) is 2.47. The molecule has 0 spiro atoms. The summed E-state index contributed by atoms with van der Waals surface area (Å²) in [5.41, 5.74) is 0.201. The van der Waals surface area contributed by atoms with E-state index in [4.69, 9.17) is 0 Å². The third-order valence-corrected chi connectivity index (χ3v) is 3.09. The number of aromatic nitrogens is 1. The molecule has 0 aliphatic rings. The molecule has 0 aliphatic heterocycles. The van der Waals surface area contributed by atoms with E-state index in [9.17, 15) is 13.6 Å². The zero-order chi connectivity index (χ0) is 15.4. The van der Waals surface area contributed by atoms with Crippen molar-refractivity contribution in [3.63, 3.8) is 0 Å². The predicted octanol–water partition coefficient (Wildman–Crippen LogP) is 2.89. The van der Waals surface area contributed by atoms with Crippen LogP contribution in [0.5, 0.6) is 0 Å². The van der Waals surface area contributed by atoms with E-state index in [0.29, 0.717) is 5.56 Å². The van der Waals surface area contributed by atoms with Gasteiger partial charge >= 0.3 is 0 Å². The molecule has 21 heavy (non-hydrogen) atoms. The molecule has 1 unspecified atom stereocenters. The van der Waals surface area contributed by atoms with Crippen molar-refractivity contribution >= 4 is 11.7 Å². The second-order valence-electron chi connectivity index (χ2n) is 4.49. The number of benzene rings is 1. The third-order valence-electron chi connectivity index (χ3n) is 3.09. The SMILES string of the molecule is CNc1nccc(C(=O)NC(C)c2ccccc2F)c1F. The summed E-state index contributed by atoms with van der Waals surface area (Å²) in [6, 6.07) is 6.82. The van der Waals surface area contributed by atoms with E-state index in [1.54, 1.807) is 25.1 Å². The molecule has 0 fully saturated rings. The lowest BCUT2D eigenvalue weighted by Gasteiger charge is -2.15. The number of anilines is 1. The van der Waals surface area contributed by atoms with Crippen LogP contribution in [0.1, 0.15) is 28.9 Å². The number of nitrogens with one attached hydrogen (secondary N) is 2. The fourth-order valence-electron chi connectivity index (χ4n) is 1.97. The molecular formula is C15H15F2N3O. The van der Waals surface area contributed by atoms with Crippen LogP contribution in [-0.4, -0.2) is 17.9 Å². The number of nitrogens with zero attached hydrogens (tertiary/aromatic N) is 1. The first-order chi connectivity index (χ1) is 10.0. The molecule has 6 heteroatoms. The Morgan fingerprint density at radius 2 is 1.95 bits per heavy atom. The zero-order valence-corrected chi connectivity index (χ0v) is 11.7. The Morgan fingerprint density at radius 3 is 2.62 bits per heavy atom. The van der Waals surface area contributed by atoms with Gasteiger partial charge in [-0.25, -0.2) is 13.8 Å². The molecule has 2 aromatic rings. The molecule has 1 amide bonds. The highest BCUT2D eigenvalue weighted by Crippen LogP contribution is 2.19. The molecule has 2 rings (SSSR count). The Labute approximate surface area is 121 Å². The quantitative estimate of drug-likeness (QED) is 0.910. The van der Waals surface area contributed by atoms with Crippen LogP contribution in [0.3, 0.4) is 0 Å². The van der Waals surface area contributed by atoms with Gasteiger partial charge in [0.25, 0.3) is 5.91 Å². The van der Waals surface area contributed by atoms with Crippen molar-refractivity contribution in [3.05, 3.63) is 59.3 Å². The van der Waals surface area contributed by atoms with Gasteiger partial charge in [-0.3, -0.25) is 4.79 Å². The number of amides is 1. The van der Waals surface area contributed by atoms with Crippen molar-refractivity contribution in [2.75, 3.05) is 12.4 Å². The first kappa shape index (κ1) is 14.9. The third kappa shape index (κ3) is 3.16. The number of hydrogen-bond donors (Lipinski definition) is 2. The molecule has 0 radical (unpaired) electrons. The van der Waals surface area contributed by atoms with E-state index < -0.39 is 23.6 Å². The lowest BCUT2D eigenvalue weighted by atomic mass is 10.1. The number of pyridine rings is 1. The van der Waals surface area contributed by atoms with E-state index in [-0.39, 0.29) is 11.4 Å². The van der Waals surface area contributed by atoms with Gasteiger partial charge in [0.1, 0.15) is 5.82 Å². The fourth-order valence-corrected chi connectivity index (χ4v) is 1.97. The van der Waals surface area contributed by atoms with Gasteiger partial charge in [-0.1, -0.05) is 18.2 Å². The van der Waals surface area contributed by atoms with Crippen LogP contribution in [0.25, 0.3) is 0 Å². The fraction of sp³-hybridized carbons (Fsp3) is 0.200. The smallest absolute Gasteiger partial charge is 0.254 e. The van der Waals surface area contributed by atoms with Crippen molar-refractivity contribution < 1.29 is 13.6 Å². The summed E-state index contributed by atoms with van der Waals surface area (Å²) in [6.45, 7) is 1.63. The molecule has 110 valence electrons. The highest BCUT2D eigenvalue weighted by atomic mass is 19.1. The van der Waals surface area contributed by atoms with Crippen LogP contribution in [0.2, 0.25) is 0 Å². The molecular weight excluding hydrogens is 276 g/mol. The Hall–Kier alpha value is -2.50. The highest BCUT2D eigenvalue weighted by molar-refractivity contribution is 5.95. The number of carbonyl (C=O) groups excluding carboxylic acids is 1. The summed E-state index contributed by atoms with van der Waals surface area (Å²) in [5, 5.41) is 5.13. The first-order valence-corrected chi connectivity index (χ1v) is 6.42. The molecule has 0 aliphatic carbocycles. The van der Waals surface area contributed by atoms with Gasteiger partial charge < -0.3 is 10.6 Å². The Bertz CT molecular complexity index is 661. The normalized spacial score (nSPS) is 11.8. The molecule has 4 nitrogen and oxygen atoms in total. The van der Waals surface area contributed by atoms with Crippen LogP contribution in [0.4, 0.5) is 14.6 Å². The number of halogens is 2. The number of carbonyl (C=O) groups is 1. The molecule has 1 aromatic heterocycles. The van der Waals surface area contributed by atoms with Gasteiger partial charge in [-0.05, 0) is 19.1 Å². The van der Waals surface area contributed by atoms with Crippen LogP contribution >= 0.6 is 0 Å². The molecule has 1 heterocycles. The largest absolute Gasteiger partial charge is 0.371 e. The van der Waals surface area contributed by atoms with Gasteiger partial charge in [0.2, 0.25) is 0 Å². The molecule has 1 atom stereocenters. The lowest BCUT2D eigenvalue weighted by molar-refractivity contribution is 0.0935. The second kappa shape index (κ2) is 6.30. The predicted molar refractivity (Wildman–Crippen MR) is 76.0 cm³/mol. The van der Waals surface area contributed by atoms with Gasteiger partial charge in [-0.15, -0.1) is 0 Å². The van der Waals surface area contributed by atoms with E-state index >= 15 is 0 Å². The minimum absolute atomic E-state index is 0.0128. The summed E-state index contributed by atoms with van der Waals surface area (Å²) in [4.78, 5) is 15.9. The second-order valence-corrected chi connectivity index (χ2v) is 4.49. The molecule has 1 aromatic carbocycles. The highest BCUT2D eigenvalue weighted by Gasteiger charge is 2.19. The number of rotatable bonds is 4. The van der Waals surface area contributed by atoms with Crippen LogP contribution in [0, 0.1) is 11.6 Å². The molecule has 2 N–H and O–H groups in total. The van der Waals surface area contributed by atoms with Crippen LogP contribution in [0.15, 0.2) is 36.5 Å². The van der Waals surface area contributed by atoms with Crippen molar-refractivity contribution in [3.8, 4) is 0 Å². The van der Waals surface area contributed by atoms with Crippen molar-refractivity contribution in [1.29, 1.82) is 0 Å². The van der Waals surface area contributed by atoms with E-state index in [0.717, 1.165) is 0 Å². The zero-order valence-electron chi connectivity index (χ0n) is 11.7. The lowest BCUT2D eigenvalue weighted by Crippen LogP contribution is -2.28. The Morgan fingerprint density at radius 1 is 1.24 bits per heavy atom. The topological polar surface area (TPSA) is 54.0 Å². The van der Waals surface area contributed by atoms with Crippen molar-refractivity contribution in [2.45, 2.75) is 13.0 Å². The van der Waals surface area contributed by atoms with Gasteiger partial charge in [-0.2, -0.15) is 0 Å². The summed E-state index contributed by atoms with van der Waals surface area (Å²) in [7, 11) is 1.51. The summed E-state index contributed by atoms with van der Waals surface area (Å²) >= 11 is 0. The van der Waals surface area contributed by atoms with E-state index in [1.807, 2.05) is 0 Å². The summed E-state index contributed by atoms with van der Waals surface area (Å²) in [5.74, 6) is -1.79. The molecule has 0 bridgehead atoms. The monoisotopic (exact) mass is 291 g/mol. The summed E-state index contributed by atoms with van der Waals surface area (Å²) in [6.07, 6.45) is 1.33. The Kier molecular flexibility index (Phi) is 4.47. The van der Waals surface area contributed by atoms with Crippen LogP contribution < -0.4 is 10.6 Å². The Balaban J connectivity index is 2.21.